The zero-order chi connectivity index (χ0) is 12.9. The van der Waals surface area contributed by atoms with Crippen LogP contribution in [-0.4, -0.2) is 37.8 Å². The van der Waals surface area contributed by atoms with Crippen molar-refractivity contribution in [3.8, 4) is 0 Å². The Morgan fingerprint density at radius 3 is 2.82 bits per heavy atom. The molecule has 1 heterocycles. The van der Waals surface area contributed by atoms with E-state index in [4.69, 9.17) is 9.84 Å². The highest BCUT2D eigenvalue weighted by molar-refractivity contribution is 7.89. The molecule has 7 heteroatoms. The minimum absolute atomic E-state index is 0.116. The summed E-state index contributed by atoms with van der Waals surface area (Å²) in [4.78, 5) is 2.79. The van der Waals surface area contributed by atoms with Gasteiger partial charge >= 0.3 is 0 Å². The number of aliphatic hydroxyl groups is 1. The van der Waals surface area contributed by atoms with Gasteiger partial charge in [-0.2, -0.15) is 0 Å². The van der Waals surface area contributed by atoms with Crippen molar-refractivity contribution in [2.24, 2.45) is 0 Å². The number of aliphatic hydroxyl groups excluding tert-OH is 1. The first-order valence-electron chi connectivity index (χ1n) is 5.39. The summed E-state index contributed by atoms with van der Waals surface area (Å²) in [6.07, 6.45) is 1.17. The molecule has 0 saturated carbocycles. The summed E-state index contributed by atoms with van der Waals surface area (Å²) in [6, 6.07) is 1.40. The van der Waals surface area contributed by atoms with Gasteiger partial charge in [0, 0.05) is 25.0 Å². The van der Waals surface area contributed by atoms with Gasteiger partial charge in [0.15, 0.2) is 0 Å². The summed E-state index contributed by atoms with van der Waals surface area (Å²) in [5, 5.41) is 8.84. The van der Waals surface area contributed by atoms with Crippen LogP contribution in [0.3, 0.4) is 0 Å². The van der Waals surface area contributed by atoms with Gasteiger partial charge < -0.3 is 14.8 Å². The standard InChI is InChI=1S/C10H18N2O4S/c1-3-16-8(2)5-12-17(14,15)10-4-9(7-13)11-6-10/h4,6,8,11-13H,3,5,7H2,1-2H3. The first-order chi connectivity index (χ1) is 7.99. The minimum Gasteiger partial charge on any atom is -0.390 e. The molecule has 0 saturated heterocycles. The molecule has 1 aromatic rings. The Morgan fingerprint density at radius 2 is 2.29 bits per heavy atom. The number of rotatable bonds is 7. The molecule has 0 aliphatic rings. The summed E-state index contributed by atoms with van der Waals surface area (Å²) in [5.74, 6) is 0. The number of aromatic nitrogens is 1. The molecule has 0 radical (unpaired) electrons. The molecule has 0 fully saturated rings. The van der Waals surface area contributed by atoms with Crippen LogP contribution in [0.25, 0.3) is 0 Å². The highest BCUT2D eigenvalue weighted by Gasteiger charge is 2.16. The normalized spacial score (nSPS) is 13.8. The summed E-state index contributed by atoms with van der Waals surface area (Å²) in [5.41, 5.74) is 0.461. The molecular formula is C10H18N2O4S. The van der Waals surface area contributed by atoms with Crippen LogP contribution in [0.2, 0.25) is 0 Å². The molecule has 0 bridgehead atoms. The van der Waals surface area contributed by atoms with Crippen molar-refractivity contribution in [2.75, 3.05) is 13.2 Å². The van der Waals surface area contributed by atoms with Crippen LogP contribution in [0, 0.1) is 0 Å². The number of nitrogens with one attached hydrogen (secondary N) is 2. The third kappa shape index (κ3) is 4.12. The number of H-pyrrole nitrogens is 1. The quantitative estimate of drug-likeness (QED) is 0.655. The van der Waals surface area contributed by atoms with Crippen LogP contribution in [-0.2, 0) is 21.4 Å². The van der Waals surface area contributed by atoms with Gasteiger partial charge in [-0.05, 0) is 19.9 Å². The van der Waals surface area contributed by atoms with Crippen molar-refractivity contribution < 1.29 is 18.3 Å². The Hall–Kier alpha value is -0.890. The summed E-state index contributed by atoms with van der Waals surface area (Å²) in [6.45, 7) is 4.19. The van der Waals surface area contributed by atoms with E-state index in [0.29, 0.717) is 12.3 Å². The maximum atomic E-state index is 11.8. The molecule has 1 rings (SSSR count). The van der Waals surface area contributed by atoms with Crippen molar-refractivity contribution in [3.63, 3.8) is 0 Å². The van der Waals surface area contributed by atoms with Gasteiger partial charge in [-0.15, -0.1) is 0 Å². The molecule has 6 nitrogen and oxygen atoms in total. The van der Waals surface area contributed by atoms with E-state index in [9.17, 15) is 8.42 Å². The number of sulfonamides is 1. The predicted octanol–water partition coefficient (Wildman–Crippen LogP) is 0.210. The van der Waals surface area contributed by atoms with E-state index in [2.05, 4.69) is 9.71 Å². The van der Waals surface area contributed by atoms with E-state index in [1.54, 1.807) is 6.92 Å². The molecule has 98 valence electrons. The van der Waals surface area contributed by atoms with E-state index in [0.717, 1.165) is 0 Å². The lowest BCUT2D eigenvalue weighted by atomic mass is 10.4. The number of aromatic amines is 1. The number of hydrogen-bond donors (Lipinski definition) is 3. The third-order valence-electron chi connectivity index (χ3n) is 2.21. The molecule has 1 unspecified atom stereocenters. The van der Waals surface area contributed by atoms with Gasteiger partial charge in [-0.25, -0.2) is 13.1 Å². The van der Waals surface area contributed by atoms with Gasteiger partial charge in [0.2, 0.25) is 10.0 Å². The first kappa shape index (κ1) is 14.2. The summed E-state index contributed by atoms with van der Waals surface area (Å²) in [7, 11) is -3.54. The Morgan fingerprint density at radius 1 is 1.59 bits per heavy atom. The molecule has 3 N–H and O–H groups in total. The van der Waals surface area contributed by atoms with Gasteiger partial charge in [0.1, 0.15) is 0 Å². The van der Waals surface area contributed by atoms with E-state index in [1.807, 2.05) is 6.92 Å². The van der Waals surface area contributed by atoms with Crippen molar-refractivity contribution in [2.45, 2.75) is 31.5 Å². The zero-order valence-electron chi connectivity index (χ0n) is 9.93. The Labute approximate surface area is 101 Å². The topological polar surface area (TPSA) is 91.4 Å². The zero-order valence-corrected chi connectivity index (χ0v) is 10.8. The first-order valence-corrected chi connectivity index (χ1v) is 6.87. The second-order valence-corrected chi connectivity index (χ2v) is 5.40. The smallest absolute Gasteiger partial charge is 0.242 e. The van der Waals surface area contributed by atoms with Crippen LogP contribution in [0.15, 0.2) is 17.2 Å². The fourth-order valence-electron chi connectivity index (χ4n) is 1.32. The maximum Gasteiger partial charge on any atom is 0.242 e. The average molecular weight is 262 g/mol. The third-order valence-corrected chi connectivity index (χ3v) is 3.61. The van der Waals surface area contributed by atoms with Crippen molar-refractivity contribution in [1.82, 2.24) is 9.71 Å². The Kier molecular flexibility index (Phi) is 5.13. The SMILES string of the molecule is CCOC(C)CNS(=O)(=O)c1c[nH]c(CO)c1. The Balaban J connectivity index is 2.62. The second-order valence-electron chi connectivity index (χ2n) is 3.64. The lowest BCUT2D eigenvalue weighted by Gasteiger charge is -2.12. The van der Waals surface area contributed by atoms with E-state index in [-0.39, 0.29) is 24.2 Å². The lowest BCUT2D eigenvalue weighted by Crippen LogP contribution is -2.32. The molecule has 0 spiro atoms. The van der Waals surface area contributed by atoms with E-state index < -0.39 is 10.0 Å². The average Bonchev–Trinajstić information content (AvgIpc) is 2.76. The van der Waals surface area contributed by atoms with Gasteiger partial charge in [0.25, 0.3) is 0 Å². The van der Waals surface area contributed by atoms with Crippen LogP contribution in [0.1, 0.15) is 19.5 Å². The molecule has 1 aromatic heterocycles. The van der Waals surface area contributed by atoms with Crippen LogP contribution >= 0.6 is 0 Å². The number of hydrogen-bond acceptors (Lipinski definition) is 4. The second kappa shape index (κ2) is 6.15. The van der Waals surface area contributed by atoms with Gasteiger partial charge in [-0.3, -0.25) is 0 Å². The van der Waals surface area contributed by atoms with Gasteiger partial charge in [0.05, 0.1) is 17.6 Å². The van der Waals surface area contributed by atoms with E-state index >= 15 is 0 Å². The Bertz CT molecular complexity index is 441. The predicted molar refractivity (Wildman–Crippen MR) is 63.0 cm³/mol. The van der Waals surface area contributed by atoms with Crippen molar-refractivity contribution in [3.05, 3.63) is 18.0 Å². The molecule has 17 heavy (non-hydrogen) atoms. The molecular weight excluding hydrogens is 244 g/mol. The fraction of sp³-hybridized carbons (Fsp3) is 0.600. The van der Waals surface area contributed by atoms with Crippen molar-refractivity contribution in [1.29, 1.82) is 0 Å². The largest absolute Gasteiger partial charge is 0.390 e. The monoisotopic (exact) mass is 262 g/mol. The summed E-state index contributed by atoms with van der Waals surface area (Å²) < 4.78 is 31.3. The fourth-order valence-corrected chi connectivity index (χ4v) is 2.45. The summed E-state index contributed by atoms with van der Waals surface area (Å²) >= 11 is 0. The molecule has 0 aliphatic heterocycles. The van der Waals surface area contributed by atoms with Crippen LogP contribution < -0.4 is 4.72 Å². The molecule has 1 atom stereocenters. The number of ether oxygens (including phenoxy) is 1. The molecule has 0 amide bonds. The van der Waals surface area contributed by atoms with Crippen LogP contribution in [0.5, 0.6) is 0 Å². The van der Waals surface area contributed by atoms with E-state index in [1.165, 1.54) is 12.3 Å². The highest BCUT2D eigenvalue weighted by atomic mass is 32.2. The van der Waals surface area contributed by atoms with Crippen LogP contribution in [0.4, 0.5) is 0 Å². The highest BCUT2D eigenvalue weighted by Crippen LogP contribution is 2.10. The van der Waals surface area contributed by atoms with Gasteiger partial charge in [-0.1, -0.05) is 0 Å². The minimum atomic E-state index is -3.54. The maximum absolute atomic E-state index is 11.8. The van der Waals surface area contributed by atoms with Crippen molar-refractivity contribution >= 4 is 10.0 Å². The molecule has 0 aliphatic carbocycles. The molecule has 0 aromatic carbocycles. The lowest BCUT2D eigenvalue weighted by molar-refractivity contribution is 0.0799.